The smallest absolute Gasteiger partial charge is 0.308 e. The number of carbonyl (C=O) groups is 2. The fraction of sp³-hybridized carbons (Fsp3) is 0.933. The lowest BCUT2D eigenvalue weighted by Crippen LogP contribution is -2.28. The van der Waals surface area contributed by atoms with E-state index in [1.165, 1.54) is 51.4 Å². The van der Waals surface area contributed by atoms with Crippen molar-refractivity contribution in [3.8, 4) is 0 Å². The van der Waals surface area contributed by atoms with Gasteiger partial charge in [-0.2, -0.15) is 0 Å². The van der Waals surface area contributed by atoms with Gasteiger partial charge in [-0.3, -0.25) is 9.59 Å². The SMILES string of the molecule is CCC(C)(C)CCCCCCOC(=O)C1CCC(C(=O)OCCCCCCC(C)(C)CC)CC1. The molecule has 4 nitrogen and oxygen atoms in total. The second-order valence-corrected chi connectivity index (χ2v) is 12.2. The van der Waals surface area contributed by atoms with Crippen molar-refractivity contribution in [3.63, 3.8) is 0 Å². The minimum absolute atomic E-state index is 0.0400. The Balaban J connectivity index is 2.05. The molecular weight excluding hydrogens is 424 g/mol. The highest BCUT2D eigenvalue weighted by atomic mass is 16.5. The lowest BCUT2D eigenvalue weighted by atomic mass is 9.82. The monoisotopic (exact) mass is 480 g/mol. The molecule has 0 aromatic carbocycles. The van der Waals surface area contributed by atoms with Crippen molar-refractivity contribution in [2.45, 2.75) is 144 Å². The number of rotatable bonds is 18. The van der Waals surface area contributed by atoms with Crippen LogP contribution >= 0.6 is 0 Å². The van der Waals surface area contributed by atoms with Gasteiger partial charge in [0, 0.05) is 0 Å². The molecule has 0 aromatic rings. The van der Waals surface area contributed by atoms with Crippen molar-refractivity contribution in [1.29, 1.82) is 0 Å². The topological polar surface area (TPSA) is 52.6 Å². The van der Waals surface area contributed by atoms with Gasteiger partial charge in [-0.15, -0.1) is 0 Å². The molecule has 0 spiro atoms. The van der Waals surface area contributed by atoms with Crippen molar-refractivity contribution < 1.29 is 19.1 Å². The highest BCUT2D eigenvalue weighted by Gasteiger charge is 2.31. The van der Waals surface area contributed by atoms with Gasteiger partial charge in [-0.1, -0.05) is 92.9 Å². The maximum atomic E-state index is 12.4. The van der Waals surface area contributed by atoms with Crippen LogP contribution in [-0.4, -0.2) is 25.2 Å². The van der Waals surface area contributed by atoms with Crippen LogP contribution in [0.5, 0.6) is 0 Å². The largest absolute Gasteiger partial charge is 0.465 e. The molecular formula is C30H56O4. The summed E-state index contributed by atoms with van der Waals surface area (Å²) in [7, 11) is 0. The Morgan fingerprint density at radius 2 is 0.912 bits per heavy atom. The Hall–Kier alpha value is -1.06. The first-order chi connectivity index (χ1) is 16.1. The van der Waals surface area contributed by atoms with Crippen LogP contribution in [0.3, 0.4) is 0 Å². The molecule has 0 aliphatic heterocycles. The van der Waals surface area contributed by atoms with E-state index in [-0.39, 0.29) is 23.8 Å². The Labute approximate surface area is 211 Å². The van der Waals surface area contributed by atoms with Gasteiger partial charge in [0.2, 0.25) is 0 Å². The summed E-state index contributed by atoms with van der Waals surface area (Å²) in [5.74, 6) is -0.209. The van der Waals surface area contributed by atoms with Crippen LogP contribution in [0.2, 0.25) is 0 Å². The Morgan fingerprint density at radius 1 is 0.588 bits per heavy atom. The third kappa shape index (κ3) is 13.7. The third-order valence-corrected chi connectivity index (χ3v) is 8.29. The van der Waals surface area contributed by atoms with E-state index in [1.54, 1.807) is 0 Å². The van der Waals surface area contributed by atoms with E-state index >= 15 is 0 Å². The average Bonchev–Trinajstić information content (AvgIpc) is 2.82. The molecule has 34 heavy (non-hydrogen) atoms. The first-order valence-electron chi connectivity index (χ1n) is 14.4. The Kier molecular flexibility index (Phi) is 15.1. The summed E-state index contributed by atoms with van der Waals surface area (Å²) >= 11 is 0. The van der Waals surface area contributed by atoms with Crippen LogP contribution < -0.4 is 0 Å². The normalized spacial score (nSPS) is 19.1. The molecule has 0 N–H and O–H groups in total. The molecule has 0 atom stereocenters. The van der Waals surface area contributed by atoms with Gasteiger partial charge < -0.3 is 9.47 Å². The van der Waals surface area contributed by atoms with Crippen LogP contribution in [0.15, 0.2) is 0 Å². The molecule has 0 bridgehead atoms. The zero-order chi connectivity index (χ0) is 25.5. The first-order valence-corrected chi connectivity index (χ1v) is 14.4. The summed E-state index contributed by atoms with van der Waals surface area (Å²) in [4.78, 5) is 24.7. The fourth-order valence-electron chi connectivity index (χ4n) is 4.62. The van der Waals surface area contributed by atoms with E-state index in [2.05, 4.69) is 41.5 Å². The van der Waals surface area contributed by atoms with Gasteiger partial charge in [0.15, 0.2) is 0 Å². The number of carbonyl (C=O) groups excluding carboxylic acids is 2. The number of esters is 2. The molecule has 1 fully saturated rings. The maximum absolute atomic E-state index is 12.4. The maximum Gasteiger partial charge on any atom is 0.308 e. The van der Waals surface area contributed by atoms with E-state index < -0.39 is 0 Å². The predicted octanol–water partition coefficient (Wildman–Crippen LogP) is 8.65. The molecule has 1 saturated carbocycles. The third-order valence-electron chi connectivity index (χ3n) is 8.29. The highest BCUT2D eigenvalue weighted by Crippen LogP contribution is 2.31. The van der Waals surface area contributed by atoms with Gasteiger partial charge in [0.25, 0.3) is 0 Å². The molecule has 0 saturated heterocycles. The van der Waals surface area contributed by atoms with Gasteiger partial charge in [-0.25, -0.2) is 0 Å². The summed E-state index contributed by atoms with van der Waals surface area (Å²) in [6.45, 7) is 14.9. The lowest BCUT2D eigenvalue weighted by Gasteiger charge is -2.26. The van der Waals surface area contributed by atoms with Crippen LogP contribution in [0.1, 0.15) is 144 Å². The molecule has 0 radical (unpaired) electrons. The van der Waals surface area contributed by atoms with E-state index in [0.29, 0.717) is 24.0 Å². The highest BCUT2D eigenvalue weighted by molar-refractivity contribution is 5.75. The molecule has 200 valence electrons. The van der Waals surface area contributed by atoms with Crippen molar-refractivity contribution in [1.82, 2.24) is 0 Å². The van der Waals surface area contributed by atoms with E-state index in [0.717, 1.165) is 51.4 Å². The Morgan fingerprint density at radius 3 is 1.24 bits per heavy atom. The minimum atomic E-state index is -0.0646. The molecule has 0 unspecified atom stereocenters. The minimum Gasteiger partial charge on any atom is -0.465 e. The second-order valence-electron chi connectivity index (χ2n) is 12.2. The second kappa shape index (κ2) is 16.6. The molecule has 0 amide bonds. The molecule has 0 heterocycles. The fourth-order valence-corrected chi connectivity index (χ4v) is 4.62. The lowest BCUT2D eigenvalue weighted by molar-refractivity contribution is -0.155. The number of unbranched alkanes of at least 4 members (excludes halogenated alkanes) is 6. The van der Waals surface area contributed by atoms with Gasteiger partial charge in [0.1, 0.15) is 0 Å². The van der Waals surface area contributed by atoms with Crippen LogP contribution in [0, 0.1) is 22.7 Å². The van der Waals surface area contributed by atoms with E-state index in [9.17, 15) is 9.59 Å². The van der Waals surface area contributed by atoms with Gasteiger partial charge in [0.05, 0.1) is 25.0 Å². The molecule has 4 heteroatoms. The summed E-state index contributed by atoms with van der Waals surface area (Å²) in [6.07, 6.45) is 17.1. The number of ether oxygens (including phenoxy) is 2. The summed E-state index contributed by atoms with van der Waals surface area (Å²) < 4.78 is 11.1. The molecule has 1 rings (SSSR count). The van der Waals surface area contributed by atoms with Gasteiger partial charge >= 0.3 is 11.9 Å². The zero-order valence-electron chi connectivity index (χ0n) is 23.5. The Bertz CT molecular complexity index is 508. The predicted molar refractivity (Wildman–Crippen MR) is 142 cm³/mol. The molecule has 0 aromatic heterocycles. The van der Waals surface area contributed by atoms with Crippen molar-refractivity contribution in [2.75, 3.05) is 13.2 Å². The molecule has 1 aliphatic rings. The zero-order valence-corrected chi connectivity index (χ0v) is 23.5. The van der Waals surface area contributed by atoms with Crippen molar-refractivity contribution in [2.24, 2.45) is 22.7 Å². The van der Waals surface area contributed by atoms with Crippen molar-refractivity contribution >= 4 is 11.9 Å². The first kappa shape index (κ1) is 31.0. The average molecular weight is 481 g/mol. The number of hydrogen-bond acceptors (Lipinski definition) is 4. The van der Waals surface area contributed by atoms with Crippen LogP contribution in [0.4, 0.5) is 0 Å². The quantitative estimate of drug-likeness (QED) is 0.145. The molecule has 1 aliphatic carbocycles. The van der Waals surface area contributed by atoms with Crippen LogP contribution in [0.25, 0.3) is 0 Å². The van der Waals surface area contributed by atoms with Gasteiger partial charge in [-0.05, 0) is 62.2 Å². The van der Waals surface area contributed by atoms with Crippen LogP contribution in [-0.2, 0) is 19.1 Å². The standard InChI is InChI=1S/C30H56O4/c1-7-29(3,4)21-13-9-11-15-23-33-27(31)25-17-19-26(20-18-25)28(32)34-24-16-12-10-14-22-30(5,6)8-2/h25-26H,7-24H2,1-6H3. The van der Waals surface area contributed by atoms with E-state index in [4.69, 9.17) is 9.47 Å². The number of hydrogen-bond donors (Lipinski definition) is 0. The van der Waals surface area contributed by atoms with Crippen molar-refractivity contribution in [3.05, 3.63) is 0 Å². The summed E-state index contributed by atoms with van der Waals surface area (Å²) in [5.41, 5.74) is 0.895. The summed E-state index contributed by atoms with van der Waals surface area (Å²) in [6, 6.07) is 0. The summed E-state index contributed by atoms with van der Waals surface area (Å²) in [5, 5.41) is 0. The van der Waals surface area contributed by atoms with E-state index in [1.807, 2.05) is 0 Å².